The van der Waals surface area contributed by atoms with Crippen molar-refractivity contribution < 1.29 is 9.84 Å². The molecule has 0 aromatic heterocycles. The van der Waals surface area contributed by atoms with E-state index in [1.54, 1.807) is 6.07 Å². The van der Waals surface area contributed by atoms with Crippen LogP contribution in [0.2, 0.25) is 0 Å². The standard InChI is InChI=1S/C12H16O2/c1-12(2,3)11-10-6-9(13)5-4-8(10)7-14-11/h4-6,11,13H,7H2,1-3H3/t11-/m1/s1. The van der Waals surface area contributed by atoms with Crippen LogP contribution in [-0.4, -0.2) is 5.11 Å². The smallest absolute Gasteiger partial charge is 0.115 e. The van der Waals surface area contributed by atoms with Crippen LogP contribution in [-0.2, 0) is 11.3 Å². The fraction of sp³-hybridized carbons (Fsp3) is 0.500. The van der Waals surface area contributed by atoms with E-state index in [0.29, 0.717) is 12.4 Å². The molecule has 1 N–H and O–H groups in total. The second-order valence-corrected chi connectivity index (χ2v) is 4.94. The van der Waals surface area contributed by atoms with Gasteiger partial charge in [-0.2, -0.15) is 0 Å². The van der Waals surface area contributed by atoms with Crippen LogP contribution in [0.25, 0.3) is 0 Å². The maximum absolute atomic E-state index is 9.42. The number of fused-ring (bicyclic) bond motifs is 1. The summed E-state index contributed by atoms with van der Waals surface area (Å²) in [4.78, 5) is 0. The molecule has 1 aliphatic rings. The molecular weight excluding hydrogens is 176 g/mol. The Morgan fingerprint density at radius 1 is 1.36 bits per heavy atom. The summed E-state index contributed by atoms with van der Waals surface area (Å²) in [6, 6.07) is 5.47. The molecule has 0 spiro atoms. The molecule has 2 rings (SSSR count). The first-order valence-corrected chi connectivity index (χ1v) is 4.92. The van der Waals surface area contributed by atoms with Gasteiger partial charge in [-0.1, -0.05) is 26.8 Å². The van der Waals surface area contributed by atoms with Crippen LogP contribution < -0.4 is 0 Å². The van der Waals surface area contributed by atoms with E-state index in [4.69, 9.17) is 4.74 Å². The van der Waals surface area contributed by atoms with Gasteiger partial charge in [0.1, 0.15) is 5.75 Å². The van der Waals surface area contributed by atoms with E-state index >= 15 is 0 Å². The van der Waals surface area contributed by atoms with Crippen molar-refractivity contribution in [3.63, 3.8) is 0 Å². The maximum atomic E-state index is 9.42. The van der Waals surface area contributed by atoms with Gasteiger partial charge in [0.15, 0.2) is 0 Å². The van der Waals surface area contributed by atoms with E-state index in [1.807, 2.05) is 12.1 Å². The van der Waals surface area contributed by atoms with Gasteiger partial charge < -0.3 is 9.84 Å². The summed E-state index contributed by atoms with van der Waals surface area (Å²) in [6.45, 7) is 7.11. The molecule has 1 aliphatic heterocycles. The fourth-order valence-electron chi connectivity index (χ4n) is 1.94. The predicted octanol–water partition coefficient (Wildman–Crippen LogP) is 3.01. The minimum Gasteiger partial charge on any atom is -0.508 e. The lowest BCUT2D eigenvalue weighted by Gasteiger charge is -2.26. The highest BCUT2D eigenvalue weighted by molar-refractivity contribution is 5.38. The summed E-state index contributed by atoms with van der Waals surface area (Å²) in [6.07, 6.45) is 0.101. The molecule has 2 nitrogen and oxygen atoms in total. The number of aromatic hydroxyl groups is 1. The highest BCUT2D eigenvalue weighted by atomic mass is 16.5. The zero-order valence-electron chi connectivity index (χ0n) is 8.87. The van der Waals surface area contributed by atoms with Crippen molar-refractivity contribution in [3.05, 3.63) is 29.3 Å². The third kappa shape index (κ3) is 1.50. The molecule has 0 unspecified atom stereocenters. The van der Waals surface area contributed by atoms with Crippen LogP contribution in [0.1, 0.15) is 38.0 Å². The van der Waals surface area contributed by atoms with Crippen molar-refractivity contribution in [1.29, 1.82) is 0 Å². The minimum atomic E-state index is 0.0824. The third-order valence-corrected chi connectivity index (χ3v) is 2.60. The van der Waals surface area contributed by atoms with Gasteiger partial charge in [-0.25, -0.2) is 0 Å². The van der Waals surface area contributed by atoms with Crippen LogP contribution in [0.3, 0.4) is 0 Å². The van der Waals surface area contributed by atoms with Gasteiger partial charge in [0.05, 0.1) is 12.7 Å². The quantitative estimate of drug-likeness (QED) is 0.684. The van der Waals surface area contributed by atoms with Gasteiger partial charge in [0.25, 0.3) is 0 Å². The summed E-state index contributed by atoms with van der Waals surface area (Å²) in [5.74, 6) is 0.323. The molecule has 0 amide bonds. The molecular formula is C12H16O2. The molecule has 1 aromatic carbocycles. The summed E-state index contributed by atoms with van der Waals surface area (Å²) in [5, 5.41) is 9.42. The van der Waals surface area contributed by atoms with Crippen LogP contribution in [0.15, 0.2) is 18.2 Å². The number of hydrogen-bond acceptors (Lipinski definition) is 2. The molecule has 0 fully saturated rings. The van der Waals surface area contributed by atoms with Crippen molar-refractivity contribution in [2.24, 2.45) is 5.41 Å². The van der Waals surface area contributed by atoms with Crippen molar-refractivity contribution in [2.45, 2.75) is 33.5 Å². The molecule has 0 bridgehead atoms. The normalized spacial score (nSPS) is 20.9. The Kier molecular flexibility index (Phi) is 2.04. The molecule has 76 valence electrons. The maximum Gasteiger partial charge on any atom is 0.115 e. The SMILES string of the molecule is CC(C)(C)[C@@H]1OCc2ccc(O)cc21. The van der Waals surface area contributed by atoms with Crippen molar-refractivity contribution >= 4 is 0 Å². The van der Waals surface area contributed by atoms with E-state index in [1.165, 1.54) is 5.56 Å². The average Bonchev–Trinajstić information content (AvgIpc) is 2.45. The highest BCUT2D eigenvalue weighted by Crippen LogP contribution is 2.43. The number of hydrogen-bond donors (Lipinski definition) is 1. The Hall–Kier alpha value is -1.02. The van der Waals surface area contributed by atoms with Crippen LogP contribution in [0, 0.1) is 5.41 Å². The Labute approximate surface area is 84.5 Å². The number of phenols is 1. The predicted molar refractivity (Wildman–Crippen MR) is 55.1 cm³/mol. The Morgan fingerprint density at radius 3 is 2.71 bits per heavy atom. The van der Waals surface area contributed by atoms with Crippen LogP contribution in [0.5, 0.6) is 5.75 Å². The van der Waals surface area contributed by atoms with Gasteiger partial charge >= 0.3 is 0 Å². The summed E-state index contributed by atoms with van der Waals surface area (Å²) in [5.41, 5.74) is 2.42. The summed E-state index contributed by atoms with van der Waals surface area (Å²) >= 11 is 0. The Bertz CT molecular complexity index is 350. The van der Waals surface area contributed by atoms with E-state index in [-0.39, 0.29) is 11.5 Å². The van der Waals surface area contributed by atoms with Gasteiger partial charge in [-0.15, -0.1) is 0 Å². The lowest BCUT2D eigenvalue weighted by Crippen LogP contribution is -2.17. The first kappa shape index (κ1) is 9.53. The fourth-order valence-corrected chi connectivity index (χ4v) is 1.94. The molecule has 1 aromatic rings. The molecule has 0 radical (unpaired) electrons. The van der Waals surface area contributed by atoms with Crippen LogP contribution in [0.4, 0.5) is 0 Å². The van der Waals surface area contributed by atoms with Gasteiger partial charge in [0, 0.05) is 0 Å². The first-order valence-electron chi connectivity index (χ1n) is 4.92. The summed E-state index contributed by atoms with van der Waals surface area (Å²) < 4.78 is 5.73. The van der Waals surface area contributed by atoms with Gasteiger partial charge in [-0.05, 0) is 28.7 Å². The van der Waals surface area contributed by atoms with Crippen molar-refractivity contribution in [1.82, 2.24) is 0 Å². The minimum absolute atomic E-state index is 0.0824. The molecule has 0 aliphatic carbocycles. The Balaban J connectivity index is 2.43. The first-order chi connectivity index (χ1) is 6.48. The molecule has 0 saturated carbocycles. The summed E-state index contributed by atoms with van der Waals surface area (Å²) in [7, 11) is 0. The van der Waals surface area contributed by atoms with Crippen LogP contribution >= 0.6 is 0 Å². The Morgan fingerprint density at radius 2 is 2.07 bits per heavy atom. The number of phenolic OH excluding ortho intramolecular Hbond substituents is 1. The third-order valence-electron chi connectivity index (χ3n) is 2.60. The van der Waals surface area contributed by atoms with Crippen molar-refractivity contribution in [2.75, 3.05) is 0 Å². The van der Waals surface area contributed by atoms with E-state index in [0.717, 1.165) is 5.56 Å². The lowest BCUT2D eigenvalue weighted by molar-refractivity contribution is -0.00794. The van der Waals surface area contributed by atoms with Gasteiger partial charge in [0.2, 0.25) is 0 Å². The number of ether oxygens (including phenoxy) is 1. The monoisotopic (exact) mass is 192 g/mol. The lowest BCUT2D eigenvalue weighted by atomic mass is 9.84. The van der Waals surface area contributed by atoms with E-state index in [9.17, 15) is 5.11 Å². The molecule has 1 heterocycles. The zero-order chi connectivity index (χ0) is 10.3. The molecule has 1 atom stereocenters. The highest BCUT2D eigenvalue weighted by Gasteiger charge is 2.33. The largest absolute Gasteiger partial charge is 0.508 e. The van der Waals surface area contributed by atoms with E-state index < -0.39 is 0 Å². The van der Waals surface area contributed by atoms with Crippen molar-refractivity contribution in [3.8, 4) is 5.75 Å². The molecule has 0 saturated heterocycles. The molecule has 2 heteroatoms. The molecule has 14 heavy (non-hydrogen) atoms. The van der Waals surface area contributed by atoms with Gasteiger partial charge in [-0.3, -0.25) is 0 Å². The second kappa shape index (κ2) is 2.99. The topological polar surface area (TPSA) is 29.5 Å². The number of rotatable bonds is 0. The number of benzene rings is 1. The zero-order valence-corrected chi connectivity index (χ0v) is 8.87. The van der Waals surface area contributed by atoms with E-state index in [2.05, 4.69) is 20.8 Å². The average molecular weight is 192 g/mol. The second-order valence-electron chi connectivity index (χ2n) is 4.94.